The Morgan fingerprint density at radius 3 is 2.25 bits per heavy atom. The number of rotatable bonds is 5. The molecule has 0 radical (unpaired) electrons. The summed E-state index contributed by atoms with van der Waals surface area (Å²) in [6, 6.07) is 8.24. The number of aliphatic hydroxyl groups excluding tert-OH is 1. The first-order valence-corrected chi connectivity index (χ1v) is 7.03. The molecule has 3 nitrogen and oxygen atoms in total. The van der Waals surface area contributed by atoms with Gasteiger partial charge in [0, 0.05) is 0 Å². The van der Waals surface area contributed by atoms with E-state index in [1.165, 1.54) is 0 Å². The molecule has 16 heavy (non-hydrogen) atoms. The lowest BCUT2D eigenvalue weighted by molar-refractivity contribution is 0.170. The molecule has 0 heterocycles. The van der Waals surface area contributed by atoms with Gasteiger partial charge in [-0.3, -0.25) is 0 Å². The Balaban J connectivity index is 2.73. The molecule has 1 N–H and O–H groups in total. The fourth-order valence-corrected chi connectivity index (χ4v) is 3.00. The minimum atomic E-state index is -3.36. The molecule has 0 amide bonds. The third-order valence-electron chi connectivity index (χ3n) is 2.26. The molecule has 1 aromatic carbocycles. The van der Waals surface area contributed by atoms with Gasteiger partial charge < -0.3 is 5.11 Å². The summed E-state index contributed by atoms with van der Waals surface area (Å²) in [4.78, 5) is 0.276. The Morgan fingerprint density at radius 2 is 1.75 bits per heavy atom. The SMILES string of the molecule is CC(C)CC(O)CS(=O)(=O)c1ccccc1. The molecular formula is C12H18O3S. The number of hydrogen-bond donors (Lipinski definition) is 1. The van der Waals surface area contributed by atoms with Gasteiger partial charge in [0.2, 0.25) is 0 Å². The molecule has 0 aliphatic rings. The van der Waals surface area contributed by atoms with E-state index >= 15 is 0 Å². The van der Waals surface area contributed by atoms with E-state index in [0.717, 1.165) is 0 Å². The van der Waals surface area contributed by atoms with Crippen LogP contribution in [0.25, 0.3) is 0 Å². The molecule has 1 unspecified atom stereocenters. The predicted octanol–water partition coefficient (Wildman–Crippen LogP) is 1.87. The zero-order valence-corrected chi connectivity index (χ0v) is 10.4. The van der Waals surface area contributed by atoms with Crippen molar-refractivity contribution in [3.8, 4) is 0 Å². The fourth-order valence-electron chi connectivity index (χ4n) is 1.59. The highest BCUT2D eigenvalue weighted by molar-refractivity contribution is 7.91. The van der Waals surface area contributed by atoms with Crippen molar-refractivity contribution < 1.29 is 13.5 Å². The topological polar surface area (TPSA) is 54.4 Å². The maximum Gasteiger partial charge on any atom is 0.180 e. The fraction of sp³-hybridized carbons (Fsp3) is 0.500. The van der Waals surface area contributed by atoms with E-state index < -0.39 is 15.9 Å². The molecule has 0 saturated heterocycles. The molecular weight excluding hydrogens is 224 g/mol. The zero-order valence-electron chi connectivity index (χ0n) is 9.63. The average molecular weight is 242 g/mol. The summed E-state index contributed by atoms with van der Waals surface area (Å²) in [6.07, 6.45) is -0.281. The van der Waals surface area contributed by atoms with Gasteiger partial charge in [0.15, 0.2) is 9.84 Å². The van der Waals surface area contributed by atoms with Crippen molar-refractivity contribution >= 4 is 9.84 Å². The summed E-state index contributed by atoms with van der Waals surface area (Å²) in [5, 5.41) is 9.64. The molecule has 4 heteroatoms. The number of hydrogen-bond acceptors (Lipinski definition) is 3. The second-order valence-electron chi connectivity index (χ2n) is 4.38. The molecule has 0 aliphatic heterocycles. The van der Waals surface area contributed by atoms with Crippen molar-refractivity contribution in [1.82, 2.24) is 0 Å². The Labute approximate surface area is 97.0 Å². The summed E-state index contributed by atoms with van der Waals surface area (Å²) in [5.41, 5.74) is 0. The molecule has 1 atom stereocenters. The molecule has 0 fully saturated rings. The predicted molar refractivity (Wildman–Crippen MR) is 64.0 cm³/mol. The molecule has 0 saturated carbocycles. The maximum atomic E-state index is 11.9. The third kappa shape index (κ3) is 3.94. The minimum absolute atomic E-state index is 0.199. The van der Waals surface area contributed by atoms with Crippen molar-refractivity contribution in [1.29, 1.82) is 0 Å². The van der Waals surface area contributed by atoms with Crippen molar-refractivity contribution in [2.75, 3.05) is 5.75 Å². The summed E-state index contributed by atoms with van der Waals surface area (Å²) in [5.74, 6) is 0.0934. The van der Waals surface area contributed by atoms with Crippen LogP contribution in [0.4, 0.5) is 0 Å². The van der Waals surface area contributed by atoms with Crippen molar-refractivity contribution in [2.24, 2.45) is 5.92 Å². The highest BCUT2D eigenvalue weighted by Gasteiger charge is 2.19. The Morgan fingerprint density at radius 1 is 1.19 bits per heavy atom. The Kier molecular flexibility index (Phi) is 4.50. The van der Waals surface area contributed by atoms with Gasteiger partial charge in [-0.2, -0.15) is 0 Å². The summed E-state index contributed by atoms with van der Waals surface area (Å²) in [6.45, 7) is 3.91. The lowest BCUT2D eigenvalue weighted by Crippen LogP contribution is -2.22. The van der Waals surface area contributed by atoms with E-state index in [1.54, 1.807) is 30.3 Å². The second kappa shape index (κ2) is 5.46. The smallest absolute Gasteiger partial charge is 0.180 e. The third-order valence-corrected chi connectivity index (χ3v) is 4.07. The largest absolute Gasteiger partial charge is 0.392 e. The van der Waals surface area contributed by atoms with Gasteiger partial charge in [-0.1, -0.05) is 32.0 Å². The highest BCUT2D eigenvalue weighted by atomic mass is 32.2. The van der Waals surface area contributed by atoms with E-state index in [4.69, 9.17) is 0 Å². The lowest BCUT2D eigenvalue weighted by Gasteiger charge is -2.13. The standard InChI is InChI=1S/C12H18O3S/c1-10(2)8-11(13)9-16(14,15)12-6-4-3-5-7-12/h3-7,10-11,13H,8-9H2,1-2H3. The van der Waals surface area contributed by atoms with Crippen LogP contribution in [0.2, 0.25) is 0 Å². The van der Waals surface area contributed by atoms with Gasteiger partial charge >= 0.3 is 0 Å². The second-order valence-corrected chi connectivity index (χ2v) is 6.41. The molecule has 0 bridgehead atoms. The number of aliphatic hydroxyl groups is 1. The van der Waals surface area contributed by atoms with Crippen molar-refractivity contribution in [3.63, 3.8) is 0 Å². The van der Waals surface area contributed by atoms with Gasteiger partial charge in [0.1, 0.15) is 0 Å². The van der Waals surface area contributed by atoms with Crippen LogP contribution in [0.1, 0.15) is 20.3 Å². The molecule has 0 spiro atoms. The van der Waals surface area contributed by atoms with E-state index in [-0.39, 0.29) is 10.6 Å². The first-order valence-electron chi connectivity index (χ1n) is 5.37. The monoisotopic (exact) mass is 242 g/mol. The van der Waals surface area contributed by atoms with Gasteiger partial charge in [0.05, 0.1) is 16.8 Å². The molecule has 0 aromatic heterocycles. The van der Waals surface area contributed by atoms with E-state index in [0.29, 0.717) is 12.3 Å². The van der Waals surface area contributed by atoms with Crippen molar-refractivity contribution in [2.45, 2.75) is 31.3 Å². The van der Waals surface area contributed by atoms with Crippen molar-refractivity contribution in [3.05, 3.63) is 30.3 Å². The molecule has 0 aliphatic carbocycles. The average Bonchev–Trinajstić information content (AvgIpc) is 2.16. The summed E-state index contributed by atoms with van der Waals surface area (Å²) in [7, 11) is -3.36. The Bertz CT molecular complexity index is 409. The van der Waals surface area contributed by atoms with Crippen LogP contribution in [-0.4, -0.2) is 25.4 Å². The highest BCUT2D eigenvalue weighted by Crippen LogP contribution is 2.14. The quantitative estimate of drug-likeness (QED) is 0.857. The van der Waals surface area contributed by atoms with E-state index in [2.05, 4.69) is 0 Å². The zero-order chi connectivity index (χ0) is 12.2. The van der Waals surface area contributed by atoms with Gasteiger partial charge in [-0.05, 0) is 24.5 Å². The van der Waals surface area contributed by atoms with Crippen LogP contribution in [0, 0.1) is 5.92 Å². The summed E-state index contributed by atoms with van der Waals surface area (Å²) < 4.78 is 23.7. The van der Waals surface area contributed by atoms with Crippen LogP contribution in [-0.2, 0) is 9.84 Å². The van der Waals surface area contributed by atoms with Crippen LogP contribution in [0.5, 0.6) is 0 Å². The molecule has 1 aromatic rings. The normalized spacial score (nSPS) is 14.0. The van der Waals surface area contributed by atoms with E-state index in [1.807, 2.05) is 13.8 Å². The van der Waals surface area contributed by atoms with Gasteiger partial charge in [-0.25, -0.2) is 8.42 Å². The van der Waals surface area contributed by atoms with Crippen LogP contribution >= 0.6 is 0 Å². The number of sulfone groups is 1. The van der Waals surface area contributed by atoms with E-state index in [9.17, 15) is 13.5 Å². The summed E-state index contributed by atoms with van der Waals surface area (Å²) >= 11 is 0. The number of benzene rings is 1. The van der Waals surface area contributed by atoms with Crippen LogP contribution < -0.4 is 0 Å². The molecule has 1 rings (SSSR count). The van der Waals surface area contributed by atoms with Gasteiger partial charge in [-0.15, -0.1) is 0 Å². The Hall–Kier alpha value is -0.870. The van der Waals surface area contributed by atoms with Crippen LogP contribution in [0.3, 0.4) is 0 Å². The molecule has 90 valence electrons. The maximum absolute atomic E-state index is 11.9. The first kappa shape index (κ1) is 13.2. The van der Waals surface area contributed by atoms with Crippen LogP contribution in [0.15, 0.2) is 35.2 Å². The first-order chi connectivity index (χ1) is 7.42. The lowest BCUT2D eigenvalue weighted by atomic mass is 10.1. The van der Waals surface area contributed by atoms with Gasteiger partial charge in [0.25, 0.3) is 0 Å². The minimum Gasteiger partial charge on any atom is -0.392 e.